The highest BCUT2D eigenvalue weighted by atomic mass is 16.5. The van der Waals surface area contributed by atoms with Gasteiger partial charge in [-0.2, -0.15) is 15.0 Å². The van der Waals surface area contributed by atoms with E-state index in [0.717, 1.165) is 25.9 Å². The van der Waals surface area contributed by atoms with Gasteiger partial charge in [-0.25, -0.2) is 0 Å². The third-order valence-electron chi connectivity index (χ3n) is 3.21. The molecular formula is C14H17N5O. The summed E-state index contributed by atoms with van der Waals surface area (Å²) in [5, 5.41) is 0. The molecule has 1 aromatic carbocycles. The molecule has 0 spiro atoms. The summed E-state index contributed by atoms with van der Waals surface area (Å²) in [4.78, 5) is 14.7. The number of hydrogen-bond donors (Lipinski definition) is 1. The number of para-hydroxylation sites is 1. The van der Waals surface area contributed by atoms with Crippen LogP contribution >= 0.6 is 0 Å². The van der Waals surface area contributed by atoms with Crippen LogP contribution in [0, 0.1) is 0 Å². The Bertz CT molecular complexity index is 569. The molecule has 0 radical (unpaired) electrons. The van der Waals surface area contributed by atoms with Gasteiger partial charge in [-0.05, 0) is 31.4 Å². The predicted octanol–water partition coefficient (Wildman–Crippen LogP) is 2.24. The normalized spacial score (nSPS) is 15.1. The number of piperidine rings is 1. The second kappa shape index (κ2) is 5.73. The predicted molar refractivity (Wildman–Crippen MR) is 76.8 cm³/mol. The number of ether oxygens (including phenoxy) is 1. The molecule has 104 valence electrons. The third-order valence-corrected chi connectivity index (χ3v) is 3.21. The van der Waals surface area contributed by atoms with E-state index in [4.69, 9.17) is 10.5 Å². The standard InChI is InChI=1S/C14H17N5O/c15-12-16-13(19-9-5-2-6-10-19)18-14(17-12)20-11-7-3-1-4-8-11/h1,3-4,7-8H,2,5-6,9-10H2,(H2,15,16,17,18). The van der Waals surface area contributed by atoms with Crippen LogP contribution in [0.15, 0.2) is 30.3 Å². The molecule has 1 aliphatic rings. The van der Waals surface area contributed by atoms with E-state index >= 15 is 0 Å². The molecule has 0 aliphatic carbocycles. The average molecular weight is 271 g/mol. The van der Waals surface area contributed by atoms with E-state index in [-0.39, 0.29) is 12.0 Å². The molecule has 1 aromatic heterocycles. The van der Waals surface area contributed by atoms with E-state index < -0.39 is 0 Å². The second-order valence-corrected chi connectivity index (χ2v) is 4.74. The monoisotopic (exact) mass is 271 g/mol. The van der Waals surface area contributed by atoms with Crippen molar-refractivity contribution in [1.82, 2.24) is 15.0 Å². The summed E-state index contributed by atoms with van der Waals surface area (Å²) in [6, 6.07) is 9.65. The second-order valence-electron chi connectivity index (χ2n) is 4.74. The van der Waals surface area contributed by atoms with Crippen LogP contribution in [0.1, 0.15) is 19.3 Å². The highest BCUT2D eigenvalue weighted by Crippen LogP contribution is 2.21. The van der Waals surface area contributed by atoms with Crippen LogP contribution < -0.4 is 15.4 Å². The Morgan fingerprint density at radius 2 is 1.70 bits per heavy atom. The molecule has 0 saturated carbocycles. The van der Waals surface area contributed by atoms with Crippen LogP contribution in [-0.2, 0) is 0 Å². The van der Waals surface area contributed by atoms with Crippen LogP contribution in [0.25, 0.3) is 0 Å². The Morgan fingerprint density at radius 3 is 2.45 bits per heavy atom. The Hall–Kier alpha value is -2.37. The van der Waals surface area contributed by atoms with Crippen LogP contribution in [0.4, 0.5) is 11.9 Å². The van der Waals surface area contributed by atoms with Gasteiger partial charge >= 0.3 is 6.01 Å². The number of aromatic nitrogens is 3. The first-order chi connectivity index (χ1) is 9.81. The number of rotatable bonds is 3. The highest BCUT2D eigenvalue weighted by molar-refractivity contribution is 5.37. The topological polar surface area (TPSA) is 77.2 Å². The van der Waals surface area contributed by atoms with Gasteiger partial charge in [0.15, 0.2) is 0 Å². The molecule has 1 fully saturated rings. The Kier molecular flexibility index (Phi) is 3.62. The first-order valence-electron chi connectivity index (χ1n) is 6.81. The van der Waals surface area contributed by atoms with Gasteiger partial charge in [-0.1, -0.05) is 18.2 Å². The van der Waals surface area contributed by atoms with Gasteiger partial charge in [-0.3, -0.25) is 0 Å². The molecule has 1 saturated heterocycles. The molecule has 0 amide bonds. The third kappa shape index (κ3) is 2.96. The molecule has 0 atom stereocenters. The number of anilines is 2. The van der Waals surface area contributed by atoms with Crippen molar-refractivity contribution >= 4 is 11.9 Å². The van der Waals surface area contributed by atoms with Crippen molar-refractivity contribution in [2.75, 3.05) is 23.7 Å². The lowest BCUT2D eigenvalue weighted by atomic mass is 10.1. The van der Waals surface area contributed by atoms with Gasteiger partial charge in [0, 0.05) is 13.1 Å². The zero-order valence-electron chi connectivity index (χ0n) is 11.2. The van der Waals surface area contributed by atoms with Crippen LogP contribution in [0.2, 0.25) is 0 Å². The summed E-state index contributed by atoms with van der Waals surface area (Å²) in [6.45, 7) is 1.91. The molecule has 0 bridgehead atoms. The number of benzene rings is 1. The van der Waals surface area contributed by atoms with Crippen molar-refractivity contribution < 1.29 is 4.74 Å². The van der Waals surface area contributed by atoms with Gasteiger partial charge in [0.25, 0.3) is 0 Å². The van der Waals surface area contributed by atoms with Crippen LogP contribution in [0.5, 0.6) is 11.8 Å². The van der Waals surface area contributed by atoms with Crippen molar-refractivity contribution in [3.63, 3.8) is 0 Å². The maximum Gasteiger partial charge on any atom is 0.328 e. The molecule has 0 unspecified atom stereocenters. The van der Waals surface area contributed by atoms with E-state index in [2.05, 4.69) is 19.9 Å². The summed E-state index contributed by atoms with van der Waals surface area (Å²) in [7, 11) is 0. The van der Waals surface area contributed by atoms with E-state index in [1.807, 2.05) is 30.3 Å². The van der Waals surface area contributed by atoms with Crippen LogP contribution in [0.3, 0.4) is 0 Å². The SMILES string of the molecule is Nc1nc(Oc2ccccc2)nc(N2CCCCC2)n1. The van der Waals surface area contributed by atoms with E-state index in [1.165, 1.54) is 6.42 Å². The van der Waals surface area contributed by atoms with Gasteiger partial charge in [0.2, 0.25) is 11.9 Å². The lowest BCUT2D eigenvalue weighted by Gasteiger charge is -2.26. The first-order valence-corrected chi connectivity index (χ1v) is 6.81. The number of nitrogens with two attached hydrogens (primary N) is 1. The first kappa shape index (κ1) is 12.7. The minimum Gasteiger partial charge on any atom is -0.424 e. The molecule has 2 N–H and O–H groups in total. The van der Waals surface area contributed by atoms with Gasteiger partial charge in [0.1, 0.15) is 5.75 Å². The van der Waals surface area contributed by atoms with Crippen molar-refractivity contribution in [3.05, 3.63) is 30.3 Å². The minimum atomic E-state index is 0.187. The fraction of sp³-hybridized carbons (Fsp3) is 0.357. The quantitative estimate of drug-likeness (QED) is 0.922. The molecule has 1 aliphatic heterocycles. The fourth-order valence-electron chi connectivity index (χ4n) is 2.24. The minimum absolute atomic E-state index is 0.187. The molecule has 3 rings (SSSR count). The summed E-state index contributed by atoms with van der Waals surface area (Å²) >= 11 is 0. The Labute approximate surface area is 117 Å². The highest BCUT2D eigenvalue weighted by Gasteiger charge is 2.16. The maximum absolute atomic E-state index is 5.75. The van der Waals surface area contributed by atoms with Gasteiger partial charge in [0.05, 0.1) is 0 Å². The van der Waals surface area contributed by atoms with Gasteiger partial charge in [-0.15, -0.1) is 0 Å². The average Bonchev–Trinajstić information content (AvgIpc) is 2.49. The molecule has 6 nitrogen and oxygen atoms in total. The van der Waals surface area contributed by atoms with Crippen molar-refractivity contribution in [3.8, 4) is 11.8 Å². The lowest BCUT2D eigenvalue weighted by Crippen LogP contribution is -2.31. The molecule has 20 heavy (non-hydrogen) atoms. The largest absolute Gasteiger partial charge is 0.424 e. The molecule has 2 aromatic rings. The van der Waals surface area contributed by atoms with Crippen molar-refractivity contribution in [1.29, 1.82) is 0 Å². The van der Waals surface area contributed by atoms with E-state index in [0.29, 0.717) is 11.7 Å². The lowest BCUT2D eigenvalue weighted by molar-refractivity contribution is 0.439. The molecule has 6 heteroatoms. The van der Waals surface area contributed by atoms with Crippen molar-refractivity contribution in [2.24, 2.45) is 0 Å². The Morgan fingerprint density at radius 1 is 0.950 bits per heavy atom. The maximum atomic E-state index is 5.75. The number of nitrogen functional groups attached to an aromatic ring is 1. The molecular weight excluding hydrogens is 254 g/mol. The zero-order chi connectivity index (χ0) is 13.8. The van der Waals surface area contributed by atoms with E-state index in [1.54, 1.807) is 0 Å². The van der Waals surface area contributed by atoms with Crippen LogP contribution in [-0.4, -0.2) is 28.0 Å². The number of nitrogens with zero attached hydrogens (tertiary/aromatic N) is 4. The fourth-order valence-corrected chi connectivity index (χ4v) is 2.24. The molecule has 2 heterocycles. The summed E-state index contributed by atoms with van der Waals surface area (Å²) < 4.78 is 5.62. The summed E-state index contributed by atoms with van der Waals surface area (Å²) in [6.07, 6.45) is 3.56. The smallest absolute Gasteiger partial charge is 0.328 e. The Balaban J connectivity index is 1.82. The number of hydrogen-bond acceptors (Lipinski definition) is 6. The zero-order valence-corrected chi connectivity index (χ0v) is 11.2. The summed E-state index contributed by atoms with van der Waals surface area (Å²) in [5.74, 6) is 1.47. The summed E-state index contributed by atoms with van der Waals surface area (Å²) in [5.41, 5.74) is 5.75. The van der Waals surface area contributed by atoms with Gasteiger partial charge < -0.3 is 15.4 Å². The van der Waals surface area contributed by atoms with Crippen molar-refractivity contribution in [2.45, 2.75) is 19.3 Å². The van der Waals surface area contributed by atoms with E-state index in [9.17, 15) is 0 Å².